The van der Waals surface area contributed by atoms with E-state index < -0.39 is 6.10 Å². The maximum absolute atomic E-state index is 12.9. The Hall–Kier alpha value is -3.93. The van der Waals surface area contributed by atoms with Crippen molar-refractivity contribution in [3.8, 4) is 0 Å². The van der Waals surface area contributed by atoms with Gasteiger partial charge in [-0.1, -0.05) is 291 Å². The second-order valence-electron chi connectivity index (χ2n) is 22.3. The van der Waals surface area contributed by atoms with Crippen LogP contribution in [0, 0.1) is 0 Å². The summed E-state index contributed by atoms with van der Waals surface area (Å²) in [7, 11) is 0. The van der Waals surface area contributed by atoms with Crippen LogP contribution >= 0.6 is 0 Å². The van der Waals surface area contributed by atoms with Crippen molar-refractivity contribution in [1.82, 2.24) is 0 Å². The molecule has 0 aromatic carbocycles. The van der Waals surface area contributed by atoms with Gasteiger partial charge in [0, 0.05) is 19.3 Å². The van der Waals surface area contributed by atoms with Crippen molar-refractivity contribution >= 4 is 17.9 Å². The summed E-state index contributed by atoms with van der Waals surface area (Å²) >= 11 is 0. The molecule has 0 saturated carbocycles. The highest BCUT2D eigenvalue weighted by Crippen LogP contribution is 2.17. The van der Waals surface area contributed by atoms with Gasteiger partial charge in [0.05, 0.1) is 0 Å². The second-order valence-corrected chi connectivity index (χ2v) is 22.3. The van der Waals surface area contributed by atoms with Crippen molar-refractivity contribution in [3.05, 3.63) is 109 Å². The van der Waals surface area contributed by atoms with Crippen molar-refractivity contribution < 1.29 is 28.6 Å². The normalized spacial score (nSPS) is 12.8. The van der Waals surface area contributed by atoms with Gasteiger partial charge < -0.3 is 14.2 Å². The van der Waals surface area contributed by atoms with Gasteiger partial charge >= 0.3 is 17.9 Å². The van der Waals surface area contributed by atoms with Crippen LogP contribution in [0.4, 0.5) is 0 Å². The molecule has 0 aliphatic rings. The van der Waals surface area contributed by atoms with E-state index in [1.165, 1.54) is 148 Å². The Morgan fingerprint density at radius 2 is 0.512 bits per heavy atom. The molecule has 0 bridgehead atoms. The second kappa shape index (κ2) is 67.6. The van der Waals surface area contributed by atoms with Gasteiger partial charge in [0.25, 0.3) is 0 Å². The first-order chi connectivity index (χ1) is 39.5. The lowest BCUT2D eigenvalue weighted by atomic mass is 10.0. The van der Waals surface area contributed by atoms with E-state index in [-0.39, 0.29) is 31.1 Å². The highest BCUT2D eigenvalue weighted by molar-refractivity contribution is 5.71. The fourth-order valence-corrected chi connectivity index (χ4v) is 9.42. The Labute approximate surface area is 495 Å². The highest BCUT2D eigenvalue weighted by atomic mass is 16.6. The van der Waals surface area contributed by atoms with E-state index in [1.807, 2.05) is 0 Å². The average Bonchev–Trinajstić information content (AvgIpc) is 3.46. The zero-order valence-corrected chi connectivity index (χ0v) is 52.6. The molecule has 0 spiro atoms. The van der Waals surface area contributed by atoms with Gasteiger partial charge in [-0.05, 0) is 122 Å². The molecule has 0 N–H and O–H groups in total. The van der Waals surface area contributed by atoms with E-state index in [0.29, 0.717) is 19.3 Å². The summed E-state index contributed by atoms with van der Waals surface area (Å²) in [6.45, 7) is 6.45. The first-order valence-electron chi connectivity index (χ1n) is 33.9. The standard InChI is InChI=1S/C74H126O6/c1-4-7-10-13-16-19-22-24-26-28-30-32-34-35-36-37-38-39-41-42-44-46-48-50-52-55-58-61-64-67-73(76)79-70-71(69-78-72(75)66-63-60-57-54-21-18-15-12-9-6-3)80-74(77)68-65-62-59-56-53-51-49-47-45-43-40-33-31-29-27-25-23-20-17-14-11-8-5-2/h8,11-12,15,17,20,22,24-25,27-28,30-31,33,43,45,49,51,71H,4-7,9-10,13-14,16,18-19,21,23,26,29,32,34-42,44,46-48,50,52-70H2,1-3H3/b11-8-,15-12-,20-17-,24-22-,27-25-,30-28-,33-31-,45-43-,51-49-. The number of ether oxygens (including phenoxy) is 3. The van der Waals surface area contributed by atoms with Crippen LogP contribution in [0.1, 0.15) is 323 Å². The molecule has 1 atom stereocenters. The van der Waals surface area contributed by atoms with Crippen molar-refractivity contribution in [2.75, 3.05) is 13.2 Å². The topological polar surface area (TPSA) is 78.9 Å². The van der Waals surface area contributed by atoms with Gasteiger partial charge in [0.15, 0.2) is 6.10 Å². The smallest absolute Gasteiger partial charge is 0.306 e. The molecular formula is C74H126O6. The summed E-state index contributed by atoms with van der Waals surface area (Å²) < 4.78 is 16.9. The van der Waals surface area contributed by atoms with Gasteiger partial charge in [0.1, 0.15) is 13.2 Å². The first kappa shape index (κ1) is 76.1. The summed E-state index contributed by atoms with van der Waals surface area (Å²) in [6.07, 6.45) is 92.6. The highest BCUT2D eigenvalue weighted by Gasteiger charge is 2.19. The number of esters is 3. The molecule has 0 heterocycles. The largest absolute Gasteiger partial charge is 0.462 e. The van der Waals surface area contributed by atoms with E-state index in [0.717, 1.165) is 135 Å². The number of hydrogen-bond acceptors (Lipinski definition) is 6. The monoisotopic (exact) mass is 1110 g/mol. The van der Waals surface area contributed by atoms with Crippen molar-refractivity contribution in [1.29, 1.82) is 0 Å². The Morgan fingerprint density at radius 1 is 0.263 bits per heavy atom. The molecule has 0 rings (SSSR count). The lowest BCUT2D eigenvalue weighted by Gasteiger charge is -2.18. The van der Waals surface area contributed by atoms with Gasteiger partial charge in [-0.2, -0.15) is 0 Å². The summed E-state index contributed by atoms with van der Waals surface area (Å²) in [6, 6.07) is 0. The molecule has 80 heavy (non-hydrogen) atoms. The molecule has 0 aliphatic heterocycles. The fourth-order valence-electron chi connectivity index (χ4n) is 9.42. The molecule has 0 aromatic rings. The van der Waals surface area contributed by atoms with Crippen molar-refractivity contribution in [2.24, 2.45) is 0 Å². The van der Waals surface area contributed by atoms with E-state index in [4.69, 9.17) is 14.2 Å². The number of rotatable bonds is 61. The van der Waals surface area contributed by atoms with Crippen LogP contribution in [0.25, 0.3) is 0 Å². The maximum Gasteiger partial charge on any atom is 0.306 e. The summed E-state index contributed by atoms with van der Waals surface area (Å²) in [4.78, 5) is 38.3. The van der Waals surface area contributed by atoms with Gasteiger partial charge in [-0.25, -0.2) is 0 Å². The number of allylic oxidation sites excluding steroid dienone is 18. The molecule has 0 aliphatic carbocycles. The minimum Gasteiger partial charge on any atom is -0.462 e. The van der Waals surface area contributed by atoms with Crippen LogP contribution in [-0.4, -0.2) is 37.2 Å². The number of unbranched alkanes of at least 4 members (excludes halogenated alkanes) is 32. The van der Waals surface area contributed by atoms with Crippen LogP contribution in [0.3, 0.4) is 0 Å². The molecule has 6 heteroatoms. The Bertz CT molecular complexity index is 1610. The van der Waals surface area contributed by atoms with Crippen LogP contribution in [-0.2, 0) is 28.6 Å². The average molecular weight is 1110 g/mol. The van der Waals surface area contributed by atoms with Crippen LogP contribution < -0.4 is 0 Å². The first-order valence-corrected chi connectivity index (χ1v) is 33.9. The molecular weight excluding hydrogens is 985 g/mol. The quantitative estimate of drug-likeness (QED) is 0.0261. The summed E-state index contributed by atoms with van der Waals surface area (Å²) in [5.41, 5.74) is 0. The molecule has 6 nitrogen and oxygen atoms in total. The summed E-state index contributed by atoms with van der Waals surface area (Å²) in [5, 5.41) is 0. The molecule has 0 amide bonds. The third-order valence-electron chi connectivity index (χ3n) is 14.5. The Kier molecular flexibility index (Phi) is 64.3. The van der Waals surface area contributed by atoms with E-state index in [9.17, 15) is 14.4 Å². The summed E-state index contributed by atoms with van der Waals surface area (Å²) in [5.74, 6) is -0.919. The minimum atomic E-state index is -0.797. The van der Waals surface area contributed by atoms with E-state index >= 15 is 0 Å². The zero-order valence-electron chi connectivity index (χ0n) is 52.6. The third-order valence-corrected chi connectivity index (χ3v) is 14.5. The molecule has 0 fully saturated rings. The van der Waals surface area contributed by atoms with E-state index in [2.05, 4.69) is 130 Å². The minimum absolute atomic E-state index is 0.0905. The van der Waals surface area contributed by atoms with Gasteiger partial charge in [-0.3, -0.25) is 14.4 Å². The lowest BCUT2D eigenvalue weighted by Crippen LogP contribution is -2.30. The molecule has 458 valence electrons. The number of hydrogen-bond donors (Lipinski definition) is 0. The van der Waals surface area contributed by atoms with Crippen LogP contribution in [0.5, 0.6) is 0 Å². The van der Waals surface area contributed by atoms with Crippen LogP contribution in [0.2, 0.25) is 0 Å². The lowest BCUT2D eigenvalue weighted by molar-refractivity contribution is -0.167. The number of carbonyl (C=O) groups is 3. The van der Waals surface area contributed by atoms with Gasteiger partial charge in [0.2, 0.25) is 0 Å². The van der Waals surface area contributed by atoms with Crippen LogP contribution in [0.15, 0.2) is 109 Å². The maximum atomic E-state index is 12.9. The molecule has 0 aromatic heterocycles. The predicted molar refractivity (Wildman–Crippen MR) is 348 cm³/mol. The third kappa shape index (κ3) is 64.9. The fraction of sp³-hybridized carbons (Fsp3) is 0.716. The molecule has 0 saturated heterocycles. The molecule has 1 unspecified atom stereocenters. The van der Waals surface area contributed by atoms with Crippen molar-refractivity contribution in [3.63, 3.8) is 0 Å². The van der Waals surface area contributed by atoms with Gasteiger partial charge in [-0.15, -0.1) is 0 Å². The number of carbonyl (C=O) groups excluding carboxylic acids is 3. The molecule has 0 radical (unpaired) electrons. The Balaban J connectivity index is 4.23. The zero-order chi connectivity index (χ0) is 57.8. The predicted octanol–water partition coefficient (Wildman–Crippen LogP) is 23.4. The van der Waals surface area contributed by atoms with E-state index in [1.54, 1.807) is 0 Å². The Morgan fingerprint density at radius 3 is 0.825 bits per heavy atom. The SMILES string of the molecule is CC/C=C\C/C=C\C/C=C\C/C=C\C/C=C\C/C=C\CCCCCCC(=O)OC(COC(=O)CCCCCCC/C=C\CCC)COC(=O)CCCCCCCCCCCCCCCCCCC/C=C\C/C=C\CCCCCCC. The van der Waals surface area contributed by atoms with Crippen molar-refractivity contribution in [2.45, 2.75) is 329 Å².